The molecule has 1 aliphatic rings. The molecule has 1 aliphatic heterocycles. The molecular weight excluding hydrogens is 454 g/mol. The third kappa shape index (κ3) is 4.96. The molecule has 3 aromatic rings. The van der Waals surface area contributed by atoms with E-state index < -0.39 is 0 Å². The van der Waals surface area contributed by atoms with E-state index in [9.17, 15) is 4.79 Å². The van der Waals surface area contributed by atoms with E-state index in [-0.39, 0.29) is 5.91 Å². The van der Waals surface area contributed by atoms with Crippen molar-refractivity contribution in [3.63, 3.8) is 0 Å². The standard InChI is InChI=1S/C21H20BrN3OS2/c22-16-5-3-15(4-6-16)19-13-27-21(24-19)28-14-20(26)23-17-7-9-18(10-8-17)25-11-1-2-12-25/h3-10,13H,1-2,11-12,14H2,(H,23,26). The number of carbonyl (C=O) groups excluding carboxylic acids is 1. The lowest BCUT2D eigenvalue weighted by molar-refractivity contribution is -0.113. The lowest BCUT2D eigenvalue weighted by Gasteiger charge is -2.17. The van der Waals surface area contributed by atoms with Crippen molar-refractivity contribution in [1.29, 1.82) is 0 Å². The van der Waals surface area contributed by atoms with Crippen LogP contribution in [0.25, 0.3) is 11.3 Å². The number of benzene rings is 2. The number of thioether (sulfide) groups is 1. The summed E-state index contributed by atoms with van der Waals surface area (Å²) in [5.41, 5.74) is 4.09. The second kappa shape index (κ2) is 9.11. The van der Waals surface area contributed by atoms with Gasteiger partial charge in [0.15, 0.2) is 4.34 Å². The van der Waals surface area contributed by atoms with Gasteiger partial charge >= 0.3 is 0 Å². The summed E-state index contributed by atoms with van der Waals surface area (Å²) in [6.45, 7) is 2.25. The van der Waals surface area contributed by atoms with Gasteiger partial charge in [-0.2, -0.15) is 0 Å². The van der Waals surface area contributed by atoms with Gasteiger partial charge in [0.2, 0.25) is 5.91 Å². The van der Waals surface area contributed by atoms with Crippen LogP contribution in [0.1, 0.15) is 12.8 Å². The highest BCUT2D eigenvalue weighted by Gasteiger charge is 2.12. The Morgan fingerprint density at radius 3 is 2.54 bits per heavy atom. The summed E-state index contributed by atoms with van der Waals surface area (Å²) < 4.78 is 1.95. The second-order valence-electron chi connectivity index (χ2n) is 6.58. The molecule has 4 rings (SSSR count). The quantitative estimate of drug-likeness (QED) is 0.452. The number of nitrogens with zero attached hydrogens (tertiary/aromatic N) is 2. The molecule has 1 N–H and O–H groups in total. The van der Waals surface area contributed by atoms with Crippen LogP contribution in [0.3, 0.4) is 0 Å². The first-order valence-corrected chi connectivity index (χ1v) is 11.8. The summed E-state index contributed by atoms with van der Waals surface area (Å²) in [5.74, 6) is 0.334. The SMILES string of the molecule is O=C(CSc1nc(-c2ccc(Br)cc2)cs1)Nc1ccc(N2CCCC2)cc1. The van der Waals surface area contributed by atoms with Gasteiger partial charge in [0.05, 0.1) is 11.4 Å². The van der Waals surface area contributed by atoms with Gasteiger partial charge in [-0.05, 0) is 49.2 Å². The monoisotopic (exact) mass is 473 g/mol. The van der Waals surface area contributed by atoms with Crippen LogP contribution < -0.4 is 10.2 Å². The van der Waals surface area contributed by atoms with E-state index in [2.05, 4.69) is 43.3 Å². The number of hydrogen-bond acceptors (Lipinski definition) is 5. The Hall–Kier alpha value is -1.83. The number of carbonyl (C=O) groups is 1. The third-order valence-corrected chi connectivity index (χ3v) is 7.12. The topological polar surface area (TPSA) is 45.2 Å². The molecule has 4 nitrogen and oxygen atoms in total. The summed E-state index contributed by atoms with van der Waals surface area (Å²) >= 11 is 6.48. The first kappa shape index (κ1) is 19.5. The van der Waals surface area contributed by atoms with Crippen molar-refractivity contribution in [1.82, 2.24) is 4.98 Å². The Bertz CT molecular complexity index is 935. The highest BCUT2D eigenvalue weighted by atomic mass is 79.9. The fourth-order valence-corrected chi connectivity index (χ4v) is 5.03. The Labute approximate surface area is 181 Å². The second-order valence-corrected chi connectivity index (χ2v) is 9.58. The van der Waals surface area contributed by atoms with Crippen molar-refractivity contribution in [3.05, 3.63) is 58.4 Å². The van der Waals surface area contributed by atoms with Crippen molar-refractivity contribution in [2.75, 3.05) is 29.1 Å². The van der Waals surface area contributed by atoms with Gasteiger partial charge in [0.25, 0.3) is 0 Å². The highest BCUT2D eigenvalue weighted by Crippen LogP contribution is 2.29. The maximum absolute atomic E-state index is 12.3. The number of nitrogens with one attached hydrogen (secondary N) is 1. The lowest BCUT2D eigenvalue weighted by atomic mass is 10.2. The molecule has 0 radical (unpaired) electrons. The molecule has 1 amide bonds. The van der Waals surface area contributed by atoms with Crippen molar-refractivity contribution >= 4 is 56.3 Å². The Morgan fingerprint density at radius 1 is 1.11 bits per heavy atom. The van der Waals surface area contributed by atoms with Gasteiger partial charge in [0, 0.05) is 39.9 Å². The Morgan fingerprint density at radius 2 is 1.82 bits per heavy atom. The highest BCUT2D eigenvalue weighted by molar-refractivity contribution is 9.10. The number of aromatic nitrogens is 1. The van der Waals surface area contributed by atoms with Gasteiger partial charge < -0.3 is 10.2 Å². The fraction of sp³-hybridized carbons (Fsp3) is 0.238. The van der Waals surface area contributed by atoms with Crippen molar-refractivity contribution < 1.29 is 4.79 Å². The van der Waals surface area contributed by atoms with Gasteiger partial charge in [-0.25, -0.2) is 4.98 Å². The molecule has 0 aliphatic carbocycles. The van der Waals surface area contributed by atoms with Crippen LogP contribution in [0.2, 0.25) is 0 Å². The summed E-state index contributed by atoms with van der Waals surface area (Å²) in [6.07, 6.45) is 2.52. The molecule has 0 spiro atoms. The summed E-state index contributed by atoms with van der Waals surface area (Å²) in [6, 6.07) is 16.2. The molecule has 0 atom stereocenters. The minimum atomic E-state index is -0.0145. The van der Waals surface area contributed by atoms with Crippen LogP contribution in [0.15, 0.2) is 62.7 Å². The van der Waals surface area contributed by atoms with Gasteiger partial charge in [-0.1, -0.05) is 39.8 Å². The van der Waals surface area contributed by atoms with E-state index in [0.717, 1.165) is 38.8 Å². The zero-order valence-electron chi connectivity index (χ0n) is 15.2. The predicted octanol–water partition coefficient (Wildman–Crippen LogP) is 5.90. The van der Waals surface area contributed by atoms with Crippen LogP contribution in [0.4, 0.5) is 11.4 Å². The summed E-state index contributed by atoms with van der Waals surface area (Å²) in [5, 5.41) is 5.00. The smallest absolute Gasteiger partial charge is 0.234 e. The van der Waals surface area contributed by atoms with Gasteiger partial charge in [-0.3, -0.25) is 4.79 Å². The first-order chi connectivity index (χ1) is 13.7. The summed E-state index contributed by atoms with van der Waals surface area (Å²) in [4.78, 5) is 19.3. The first-order valence-electron chi connectivity index (χ1n) is 9.16. The van der Waals surface area contributed by atoms with Crippen molar-refractivity contribution in [2.24, 2.45) is 0 Å². The molecule has 0 unspecified atom stereocenters. The minimum Gasteiger partial charge on any atom is -0.372 e. The minimum absolute atomic E-state index is 0.0145. The summed E-state index contributed by atoms with van der Waals surface area (Å²) in [7, 11) is 0. The number of amides is 1. The molecule has 2 aromatic carbocycles. The largest absolute Gasteiger partial charge is 0.372 e. The maximum Gasteiger partial charge on any atom is 0.234 e. The van der Waals surface area contributed by atoms with E-state index in [4.69, 9.17) is 0 Å². The Balaban J connectivity index is 1.29. The van der Waals surface area contributed by atoms with E-state index in [1.54, 1.807) is 11.3 Å². The van der Waals surface area contributed by atoms with Crippen LogP contribution in [-0.2, 0) is 4.79 Å². The molecule has 0 saturated carbocycles. The molecule has 7 heteroatoms. The lowest BCUT2D eigenvalue weighted by Crippen LogP contribution is -2.18. The Kier molecular flexibility index (Phi) is 6.34. The molecular formula is C21H20BrN3OS2. The van der Waals surface area contributed by atoms with Crippen LogP contribution in [0, 0.1) is 0 Å². The maximum atomic E-state index is 12.3. The predicted molar refractivity (Wildman–Crippen MR) is 122 cm³/mol. The third-order valence-electron chi connectivity index (χ3n) is 4.57. The van der Waals surface area contributed by atoms with Crippen LogP contribution in [0.5, 0.6) is 0 Å². The van der Waals surface area contributed by atoms with Crippen molar-refractivity contribution in [3.8, 4) is 11.3 Å². The number of halogens is 1. The number of anilines is 2. The van der Waals surface area contributed by atoms with Crippen molar-refractivity contribution in [2.45, 2.75) is 17.2 Å². The molecule has 2 heterocycles. The normalized spacial score (nSPS) is 13.7. The van der Waals surface area contributed by atoms with E-state index in [1.807, 2.05) is 41.8 Å². The van der Waals surface area contributed by atoms with Crippen LogP contribution in [-0.4, -0.2) is 29.7 Å². The molecule has 144 valence electrons. The zero-order chi connectivity index (χ0) is 19.3. The molecule has 1 saturated heterocycles. The van der Waals surface area contributed by atoms with E-state index in [1.165, 1.54) is 30.3 Å². The average Bonchev–Trinajstić information content (AvgIpc) is 3.40. The van der Waals surface area contributed by atoms with Gasteiger partial charge in [-0.15, -0.1) is 11.3 Å². The number of hydrogen-bond donors (Lipinski definition) is 1. The zero-order valence-corrected chi connectivity index (χ0v) is 18.4. The van der Waals surface area contributed by atoms with Crippen LogP contribution >= 0.6 is 39.0 Å². The van der Waals surface area contributed by atoms with Gasteiger partial charge in [0.1, 0.15) is 0 Å². The molecule has 28 heavy (non-hydrogen) atoms. The number of rotatable bonds is 6. The fourth-order valence-electron chi connectivity index (χ4n) is 3.13. The van der Waals surface area contributed by atoms with E-state index >= 15 is 0 Å². The molecule has 1 aromatic heterocycles. The van der Waals surface area contributed by atoms with E-state index in [0.29, 0.717) is 5.75 Å². The molecule has 0 bridgehead atoms. The number of thiazole rings is 1. The molecule has 1 fully saturated rings. The average molecular weight is 474 g/mol.